The highest BCUT2D eigenvalue weighted by Gasteiger charge is 2.15. The lowest BCUT2D eigenvalue weighted by Crippen LogP contribution is -2.09. The van der Waals surface area contributed by atoms with E-state index in [1.807, 2.05) is 30.3 Å². The monoisotopic (exact) mass is 264 g/mol. The molecular formula is C17H12O3. The molecule has 0 amide bonds. The normalized spacial score (nSPS) is 10.8. The van der Waals surface area contributed by atoms with Crippen molar-refractivity contribution in [3.8, 4) is 0 Å². The van der Waals surface area contributed by atoms with Crippen molar-refractivity contribution in [1.82, 2.24) is 0 Å². The molecule has 0 aliphatic heterocycles. The van der Waals surface area contributed by atoms with Crippen LogP contribution in [0.1, 0.15) is 11.3 Å². The Morgan fingerprint density at radius 1 is 1.20 bits per heavy atom. The summed E-state index contributed by atoms with van der Waals surface area (Å²) in [5.41, 5.74) is 0.425. The second kappa shape index (κ2) is 4.38. The highest BCUT2D eigenvalue weighted by Crippen LogP contribution is 2.26. The van der Waals surface area contributed by atoms with E-state index in [2.05, 4.69) is 13.2 Å². The summed E-state index contributed by atoms with van der Waals surface area (Å²) in [5.74, 6) is -0.222. The lowest BCUT2D eigenvalue weighted by atomic mass is 10.0. The average Bonchev–Trinajstić information content (AvgIpc) is 2.46. The molecule has 0 bridgehead atoms. The molecule has 0 unspecified atom stereocenters. The number of aliphatic hydroxyl groups is 1. The van der Waals surface area contributed by atoms with E-state index < -0.39 is 0 Å². The second-order valence-electron chi connectivity index (χ2n) is 4.48. The van der Waals surface area contributed by atoms with E-state index >= 15 is 0 Å². The van der Waals surface area contributed by atoms with Gasteiger partial charge in [-0.25, -0.2) is 0 Å². The van der Waals surface area contributed by atoms with Crippen LogP contribution in [-0.2, 0) is 0 Å². The first kappa shape index (κ1) is 12.2. The van der Waals surface area contributed by atoms with Gasteiger partial charge in [-0.05, 0) is 16.8 Å². The molecule has 0 aliphatic carbocycles. The third-order valence-corrected chi connectivity index (χ3v) is 3.29. The van der Waals surface area contributed by atoms with Crippen LogP contribution in [-0.4, -0.2) is 5.11 Å². The van der Waals surface area contributed by atoms with Crippen molar-refractivity contribution in [2.24, 2.45) is 0 Å². The Labute approximate surface area is 115 Å². The summed E-state index contributed by atoms with van der Waals surface area (Å²) in [6.45, 7) is 7.03. The van der Waals surface area contributed by atoms with Gasteiger partial charge >= 0.3 is 0 Å². The van der Waals surface area contributed by atoms with Crippen molar-refractivity contribution < 1.29 is 9.52 Å². The van der Waals surface area contributed by atoms with E-state index in [-0.39, 0.29) is 22.5 Å². The lowest BCUT2D eigenvalue weighted by molar-refractivity contribution is 0.468. The maximum absolute atomic E-state index is 12.6. The largest absolute Gasteiger partial charge is 0.505 e. The van der Waals surface area contributed by atoms with Crippen molar-refractivity contribution >= 4 is 33.6 Å². The van der Waals surface area contributed by atoms with Gasteiger partial charge in [-0.3, -0.25) is 4.79 Å². The fourth-order valence-corrected chi connectivity index (χ4v) is 2.37. The Kier molecular flexibility index (Phi) is 2.68. The van der Waals surface area contributed by atoms with E-state index in [0.717, 1.165) is 10.8 Å². The Morgan fingerprint density at radius 2 is 1.95 bits per heavy atom. The van der Waals surface area contributed by atoms with E-state index in [0.29, 0.717) is 11.0 Å². The number of hydrogen-bond acceptors (Lipinski definition) is 3. The van der Waals surface area contributed by atoms with Crippen LogP contribution in [0.2, 0.25) is 0 Å². The minimum atomic E-state index is -0.285. The van der Waals surface area contributed by atoms with Crippen molar-refractivity contribution in [3.63, 3.8) is 0 Å². The summed E-state index contributed by atoms with van der Waals surface area (Å²) in [7, 11) is 0. The molecule has 3 rings (SSSR count). The molecule has 0 radical (unpaired) electrons. The van der Waals surface area contributed by atoms with Crippen LogP contribution in [0.3, 0.4) is 0 Å². The Hall–Kier alpha value is -2.81. The van der Waals surface area contributed by atoms with Crippen LogP contribution in [0.4, 0.5) is 0 Å². The van der Waals surface area contributed by atoms with Crippen LogP contribution in [0, 0.1) is 0 Å². The molecule has 3 aromatic rings. The molecule has 2 aromatic carbocycles. The van der Waals surface area contributed by atoms with Crippen molar-refractivity contribution in [2.75, 3.05) is 0 Å². The van der Waals surface area contributed by atoms with Gasteiger partial charge in [0.2, 0.25) is 5.43 Å². The highest BCUT2D eigenvalue weighted by atomic mass is 16.4. The molecule has 0 saturated carbocycles. The molecule has 0 aliphatic rings. The molecule has 0 fully saturated rings. The average molecular weight is 264 g/mol. The van der Waals surface area contributed by atoms with Crippen molar-refractivity contribution in [3.05, 3.63) is 71.1 Å². The van der Waals surface area contributed by atoms with Gasteiger partial charge in [0.15, 0.2) is 11.5 Å². The van der Waals surface area contributed by atoms with Gasteiger partial charge in [0.25, 0.3) is 0 Å². The summed E-state index contributed by atoms with van der Waals surface area (Å²) in [6.07, 6.45) is 1.38. The predicted molar refractivity (Wildman–Crippen MR) is 81.7 cm³/mol. The zero-order valence-electron chi connectivity index (χ0n) is 10.7. The minimum absolute atomic E-state index is 0.0628. The summed E-state index contributed by atoms with van der Waals surface area (Å²) < 4.78 is 5.61. The van der Waals surface area contributed by atoms with Crippen LogP contribution < -0.4 is 5.43 Å². The van der Waals surface area contributed by atoms with Crippen molar-refractivity contribution in [1.29, 1.82) is 0 Å². The number of aliphatic hydroxyl groups excluding tert-OH is 1. The summed E-state index contributed by atoms with van der Waals surface area (Å²) in [6, 6.07) is 11.2. The molecule has 1 heterocycles. The first-order valence-corrected chi connectivity index (χ1v) is 6.12. The summed E-state index contributed by atoms with van der Waals surface area (Å²) >= 11 is 0. The number of fused-ring (bicyclic) bond motifs is 3. The zero-order chi connectivity index (χ0) is 14.3. The topological polar surface area (TPSA) is 50.4 Å². The Bertz CT molecular complexity index is 917. The van der Waals surface area contributed by atoms with Gasteiger partial charge in [0.1, 0.15) is 5.58 Å². The molecule has 1 aromatic heterocycles. The highest BCUT2D eigenvalue weighted by molar-refractivity contribution is 6.06. The Morgan fingerprint density at radius 3 is 2.65 bits per heavy atom. The predicted octanol–water partition coefficient (Wildman–Crippen LogP) is 4.12. The fraction of sp³-hybridized carbons (Fsp3) is 0. The maximum atomic E-state index is 12.6. The summed E-state index contributed by atoms with van der Waals surface area (Å²) in [4.78, 5) is 12.6. The maximum Gasteiger partial charge on any atom is 0.201 e. The van der Waals surface area contributed by atoms with Crippen LogP contribution in [0.25, 0.3) is 33.6 Å². The third kappa shape index (κ3) is 1.64. The van der Waals surface area contributed by atoms with Gasteiger partial charge in [0.05, 0.1) is 10.9 Å². The molecule has 98 valence electrons. The number of rotatable bonds is 2. The molecule has 0 saturated heterocycles. The van der Waals surface area contributed by atoms with Gasteiger partial charge in [-0.1, -0.05) is 49.6 Å². The molecule has 20 heavy (non-hydrogen) atoms. The minimum Gasteiger partial charge on any atom is -0.505 e. The molecule has 0 spiro atoms. The van der Waals surface area contributed by atoms with Gasteiger partial charge in [-0.15, -0.1) is 0 Å². The van der Waals surface area contributed by atoms with Gasteiger partial charge in [0, 0.05) is 0 Å². The second-order valence-corrected chi connectivity index (χ2v) is 4.48. The molecular weight excluding hydrogens is 252 g/mol. The van der Waals surface area contributed by atoms with Crippen LogP contribution >= 0.6 is 0 Å². The first-order valence-electron chi connectivity index (χ1n) is 6.12. The van der Waals surface area contributed by atoms with E-state index in [9.17, 15) is 9.90 Å². The number of hydrogen-bond donors (Lipinski definition) is 1. The number of benzene rings is 2. The fourth-order valence-electron chi connectivity index (χ4n) is 2.37. The van der Waals surface area contributed by atoms with Gasteiger partial charge < -0.3 is 9.52 Å². The molecule has 3 nitrogen and oxygen atoms in total. The third-order valence-electron chi connectivity index (χ3n) is 3.29. The van der Waals surface area contributed by atoms with E-state index in [4.69, 9.17) is 4.42 Å². The zero-order valence-corrected chi connectivity index (χ0v) is 10.7. The van der Waals surface area contributed by atoms with Gasteiger partial charge in [-0.2, -0.15) is 0 Å². The molecule has 3 heteroatoms. The summed E-state index contributed by atoms with van der Waals surface area (Å²) in [5, 5.41) is 11.8. The molecule has 0 atom stereocenters. The first-order chi connectivity index (χ1) is 9.63. The quantitative estimate of drug-likeness (QED) is 0.559. The van der Waals surface area contributed by atoms with E-state index in [1.54, 1.807) is 6.07 Å². The Balaban J connectivity index is 2.61. The van der Waals surface area contributed by atoms with Crippen molar-refractivity contribution in [2.45, 2.75) is 0 Å². The van der Waals surface area contributed by atoms with E-state index in [1.165, 1.54) is 6.08 Å². The molecule has 1 N–H and O–H groups in total. The standard InChI is InChI=1S/C17H12O3/c1-3-12-16(19)15-13-7-5-4-6-11(13)8-9-14(15)20-17(12)10(2)18/h3-9,18H,1-2H2. The smallest absolute Gasteiger partial charge is 0.201 e. The lowest BCUT2D eigenvalue weighted by Gasteiger charge is -2.07. The van der Waals surface area contributed by atoms with Crippen LogP contribution in [0.5, 0.6) is 0 Å². The van der Waals surface area contributed by atoms with Crippen LogP contribution in [0.15, 0.2) is 58.8 Å². The SMILES string of the molecule is C=Cc1c(C(=C)O)oc2ccc3ccccc3c2c1=O.